The summed E-state index contributed by atoms with van der Waals surface area (Å²) < 4.78 is 18.8. The van der Waals surface area contributed by atoms with Crippen molar-refractivity contribution in [1.82, 2.24) is 15.1 Å². The third-order valence-corrected chi connectivity index (χ3v) is 6.10. The molecule has 1 saturated heterocycles. The van der Waals surface area contributed by atoms with Gasteiger partial charge in [0.05, 0.1) is 12.8 Å². The molecule has 1 aliphatic heterocycles. The largest absolute Gasteiger partial charge is 0.497 e. The Bertz CT molecular complexity index is 1170. The summed E-state index contributed by atoms with van der Waals surface area (Å²) in [6.45, 7) is 5.75. The highest BCUT2D eigenvalue weighted by Gasteiger charge is 2.22. The van der Waals surface area contributed by atoms with Crippen LogP contribution in [0.1, 0.15) is 28.4 Å². The van der Waals surface area contributed by atoms with E-state index in [1.165, 1.54) is 11.6 Å². The molecule has 0 radical (unpaired) electrons. The minimum absolute atomic E-state index is 0.217. The molecular weight excluding hydrogens is 443 g/mol. The third kappa shape index (κ3) is 6.67. The Morgan fingerprint density at radius 2 is 1.69 bits per heavy atom. The van der Waals surface area contributed by atoms with Gasteiger partial charge in [0.2, 0.25) is 5.96 Å². The molecule has 4 rings (SSSR count). The maximum absolute atomic E-state index is 13.6. The number of amides is 1. The van der Waals surface area contributed by atoms with Crippen molar-refractivity contribution >= 4 is 17.6 Å². The van der Waals surface area contributed by atoms with E-state index in [9.17, 15) is 9.18 Å². The van der Waals surface area contributed by atoms with Crippen LogP contribution in [0.25, 0.3) is 0 Å². The molecule has 182 valence electrons. The molecular formula is C28H31FN4O2. The van der Waals surface area contributed by atoms with Crippen molar-refractivity contribution in [2.24, 2.45) is 4.99 Å². The molecule has 1 aliphatic rings. The minimum atomic E-state index is -0.222. The van der Waals surface area contributed by atoms with Crippen LogP contribution in [0.15, 0.2) is 77.8 Å². The Morgan fingerprint density at radius 3 is 2.37 bits per heavy atom. The summed E-state index contributed by atoms with van der Waals surface area (Å²) in [6, 6.07) is 21.8. The summed E-state index contributed by atoms with van der Waals surface area (Å²) in [5, 5.41) is 3.03. The number of guanidine groups is 1. The van der Waals surface area contributed by atoms with E-state index in [2.05, 4.69) is 28.1 Å². The molecule has 3 aromatic rings. The Labute approximate surface area is 206 Å². The Morgan fingerprint density at radius 1 is 0.971 bits per heavy atom. The smallest absolute Gasteiger partial charge is 0.257 e. The van der Waals surface area contributed by atoms with E-state index in [0.717, 1.165) is 30.8 Å². The van der Waals surface area contributed by atoms with E-state index in [4.69, 9.17) is 9.73 Å². The summed E-state index contributed by atoms with van der Waals surface area (Å²) in [5.41, 5.74) is 3.48. The van der Waals surface area contributed by atoms with E-state index in [0.29, 0.717) is 36.9 Å². The number of ether oxygens (including phenoxy) is 1. The van der Waals surface area contributed by atoms with Crippen LogP contribution < -0.4 is 10.1 Å². The average Bonchev–Trinajstić information content (AvgIpc) is 2.89. The van der Waals surface area contributed by atoms with Crippen LogP contribution in [0.5, 0.6) is 5.75 Å². The number of aryl methyl sites for hydroxylation is 1. The number of benzene rings is 3. The zero-order chi connectivity index (χ0) is 24.6. The number of aliphatic imine (C=N–C) groups is 1. The molecule has 0 bridgehead atoms. The molecule has 0 atom stereocenters. The quantitative estimate of drug-likeness (QED) is 0.418. The topological polar surface area (TPSA) is 57.2 Å². The summed E-state index contributed by atoms with van der Waals surface area (Å²) in [4.78, 5) is 22.3. The SMILES string of the molecule is CCc1cccc(N=C(NC(=O)c2ccc(OC)cc2)N2CCN(Cc3cccc(F)c3)CC2)c1. The summed E-state index contributed by atoms with van der Waals surface area (Å²) in [5.74, 6) is 0.789. The lowest BCUT2D eigenvalue weighted by Crippen LogP contribution is -2.53. The number of nitrogens with one attached hydrogen (secondary N) is 1. The summed E-state index contributed by atoms with van der Waals surface area (Å²) >= 11 is 0. The molecule has 0 aliphatic carbocycles. The molecule has 6 nitrogen and oxygen atoms in total. The highest BCUT2D eigenvalue weighted by Crippen LogP contribution is 2.17. The number of hydrogen-bond donors (Lipinski definition) is 1. The van der Waals surface area contributed by atoms with Gasteiger partial charge in [-0.1, -0.05) is 31.2 Å². The van der Waals surface area contributed by atoms with Crippen molar-refractivity contribution in [1.29, 1.82) is 0 Å². The molecule has 7 heteroatoms. The van der Waals surface area contributed by atoms with E-state index < -0.39 is 0 Å². The van der Waals surface area contributed by atoms with Gasteiger partial charge in [0.15, 0.2) is 0 Å². The third-order valence-electron chi connectivity index (χ3n) is 6.10. The molecule has 0 aromatic heterocycles. The van der Waals surface area contributed by atoms with Gasteiger partial charge < -0.3 is 9.64 Å². The lowest BCUT2D eigenvalue weighted by Gasteiger charge is -2.36. The fourth-order valence-electron chi connectivity index (χ4n) is 4.07. The first-order chi connectivity index (χ1) is 17.0. The standard InChI is InChI=1S/C28H31FN4O2/c1-3-21-6-5-9-25(19-21)30-28(31-27(34)23-10-12-26(35-2)13-11-23)33-16-14-32(15-17-33)20-22-7-4-8-24(29)18-22/h4-13,18-19H,3,14-17,20H2,1-2H3,(H,30,31,34). The van der Waals surface area contributed by atoms with Crippen molar-refractivity contribution < 1.29 is 13.9 Å². The minimum Gasteiger partial charge on any atom is -0.497 e. The molecule has 35 heavy (non-hydrogen) atoms. The second-order valence-corrected chi connectivity index (χ2v) is 8.53. The van der Waals surface area contributed by atoms with Crippen molar-refractivity contribution in [3.63, 3.8) is 0 Å². The summed E-state index contributed by atoms with van der Waals surface area (Å²) in [7, 11) is 1.60. The number of carbonyl (C=O) groups is 1. The maximum atomic E-state index is 13.6. The van der Waals surface area contributed by atoms with E-state index >= 15 is 0 Å². The Hall–Kier alpha value is -3.71. The molecule has 3 aromatic carbocycles. The van der Waals surface area contributed by atoms with E-state index in [-0.39, 0.29) is 11.7 Å². The number of methoxy groups -OCH3 is 1. The Kier molecular flexibility index (Phi) is 8.11. The second kappa shape index (κ2) is 11.6. The van der Waals surface area contributed by atoms with Gasteiger partial charge in [0.1, 0.15) is 11.6 Å². The average molecular weight is 475 g/mol. The van der Waals surface area contributed by atoms with Gasteiger partial charge in [0.25, 0.3) is 5.91 Å². The number of halogens is 1. The first-order valence-corrected chi connectivity index (χ1v) is 11.9. The van der Waals surface area contributed by atoms with Gasteiger partial charge in [-0.3, -0.25) is 15.0 Å². The van der Waals surface area contributed by atoms with Crippen LogP contribution >= 0.6 is 0 Å². The van der Waals surface area contributed by atoms with Gasteiger partial charge in [-0.25, -0.2) is 9.38 Å². The highest BCUT2D eigenvalue weighted by atomic mass is 19.1. The number of rotatable bonds is 6. The van der Waals surface area contributed by atoms with Gasteiger partial charge in [0, 0.05) is 38.3 Å². The number of piperazine rings is 1. The molecule has 0 spiro atoms. The van der Waals surface area contributed by atoms with Crippen LogP contribution in [0.4, 0.5) is 10.1 Å². The van der Waals surface area contributed by atoms with Gasteiger partial charge in [-0.2, -0.15) is 0 Å². The zero-order valence-electron chi connectivity index (χ0n) is 20.2. The molecule has 1 N–H and O–H groups in total. The van der Waals surface area contributed by atoms with Crippen molar-refractivity contribution in [3.05, 3.63) is 95.3 Å². The lowest BCUT2D eigenvalue weighted by atomic mass is 10.1. The number of carbonyl (C=O) groups excluding carboxylic acids is 1. The molecule has 0 unspecified atom stereocenters. The highest BCUT2D eigenvalue weighted by molar-refractivity contribution is 6.06. The lowest BCUT2D eigenvalue weighted by molar-refractivity contribution is 0.0967. The normalized spacial score (nSPS) is 14.6. The first-order valence-electron chi connectivity index (χ1n) is 11.9. The fourth-order valence-corrected chi connectivity index (χ4v) is 4.07. The van der Waals surface area contributed by atoms with Crippen LogP contribution in [-0.4, -0.2) is 55.0 Å². The van der Waals surface area contributed by atoms with Crippen LogP contribution in [0.2, 0.25) is 0 Å². The maximum Gasteiger partial charge on any atom is 0.257 e. The molecule has 1 heterocycles. The molecule has 1 fully saturated rings. The van der Waals surface area contributed by atoms with Crippen LogP contribution in [0.3, 0.4) is 0 Å². The molecule has 1 amide bonds. The van der Waals surface area contributed by atoms with E-state index in [1.54, 1.807) is 43.5 Å². The monoisotopic (exact) mass is 474 g/mol. The van der Waals surface area contributed by atoms with Crippen molar-refractivity contribution in [2.75, 3.05) is 33.3 Å². The fraction of sp³-hybridized carbons (Fsp3) is 0.286. The number of nitrogens with zero attached hydrogens (tertiary/aromatic N) is 3. The molecule has 0 saturated carbocycles. The predicted octanol–water partition coefficient (Wildman–Crippen LogP) is 4.63. The van der Waals surface area contributed by atoms with Gasteiger partial charge in [-0.05, 0) is 66.1 Å². The van der Waals surface area contributed by atoms with E-state index in [1.807, 2.05) is 24.3 Å². The zero-order valence-corrected chi connectivity index (χ0v) is 20.2. The summed E-state index contributed by atoms with van der Waals surface area (Å²) in [6.07, 6.45) is 0.912. The first kappa shape index (κ1) is 24.4. The van der Waals surface area contributed by atoms with Crippen LogP contribution in [-0.2, 0) is 13.0 Å². The number of hydrogen-bond acceptors (Lipinski definition) is 4. The van der Waals surface area contributed by atoms with Crippen molar-refractivity contribution in [2.45, 2.75) is 19.9 Å². The Balaban J connectivity index is 1.50. The van der Waals surface area contributed by atoms with Crippen molar-refractivity contribution in [3.8, 4) is 5.75 Å². The van der Waals surface area contributed by atoms with Gasteiger partial charge in [-0.15, -0.1) is 0 Å². The van der Waals surface area contributed by atoms with Crippen LogP contribution in [0, 0.1) is 5.82 Å². The van der Waals surface area contributed by atoms with Gasteiger partial charge >= 0.3 is 0 Å². The second-order valence-electron chi connectivity index (χ2n) is 8.53. The predicted molar refractivity (Wildman–Crippen MR) is 137 cm³/mol.